The molecule has 4 heteroatoms. The summed E-state index contributed by atoms with van der Waals surface area (Å²) in [5.74, 6) is 0.857. The van der Waals surface area contributed by atoms with E-state index in [1.807, 2.05) is 42.5 Å². The Hall–Kier alpha value is -0.961. The van der Waals surface area contributed by atoms with Gasteiger partial charge in [0, 0.05) is 17.1 Å². The van der Waals surface area contributed by atoms with Gasteiger partial charge in [-0.25, -0.2) is 12.1 Å². The fourth-order valence-corrected chi connectivity index (χ4v) is 3.81. The number of esters is 1. The molecule has 0 aliphatic carbocycles. The second kappa shape index (κ2) is 24.7. The zero-order chi connectivity index (χ0) is 22.2. The van der Waals surface area contributed by atoms with E-state index in [9.17, 15) is 4.79 Å². The minimum Gasteiger partial charge on any atom is -0.748 e. The van der Waals surface area contributed by atoms with Gasteiger partial charge in [-0.3, -0.25) is 4.79 Å². The number of thiol groups is 1. The third kappa shape index (κ3) is 19.7. The van der Waals surface area contributed by atoms with Gasteiger partial charge in [-0.05, 0) is 18.6 Å². The van der Waals surface area contributed by atoms with E-state index in [-0.39, 0.29) is 23.0 Å². The molecular formula is C28H44FeO2S-6. The first-order chi connectivity index (χ1) is 15.3. The molecule has 0 spiro atoms. The number of ether oxygens (including phenoxy) is 1. The molecule has 0 atom stereocenters. The van der Waals surface area contributed by atoms with Crippen LogP contribution in [0.1, 0.15) is 107 Å². The molecule has 0 aliphatic rings. The Balaban J connectivity index is 0.00000140. The molecule has 0 saturated carbocycles. The molecular weight excluding hydrogens is 456 g/mol. The second-order valence-electron chi connectivity index (χ2n) is 8.30. The van der Waals surface area contributed by atoms with E-state index in [2.05, 4.69) is 12.6 Å². The summed E-state index contributed by atoms with van der Waals surface area (Å²) >= 11 is 4.25. The van der Waals surface area contributed by atoms with Crippen LogP contribution in [0.15, 0.2) is 54.6 Å². The van der Waals surface area contributed by atoms with E-state index in [0.29, 0.717) is 12.2 Å². The predicted molar refractivity (Wildman–Crippen MR) is 137 cm³/mol. The van der Waals surface area contributed by atoms with Crippen molar-refractivity contribution in [2.24, 2.45) is 0 Å². The second-order valence-corrected chi connectivity index (χ2v) is 8.75. The first kappa shape index (κ1) is 31.0. The maximum absolute atomic E-state index is 11.6. The van der Waals surface area contributed by atoms with Crippen LogP contribution < -0.4 is 0 Å². The molecule has 32 heavy (non-hydrogen) atoms. The molecule has 0 aliphatic heterocycles. The zero-order valence-electron chi connectivity index (χ0n) is 19.8. The first-order valence-corrected chi connectivity index (χ1v) is 13.1. The summed E-state index contributed by atoms with van der Waals surface area (Å²) in [6, 6.07) is 17.3. The van der Waals surface area contributed by atoms with Crippen LogP contribution in [0, 0.1) is 0 Å². The van der Waals surface area contributed by atoms with Crippen molar-refractivity contribution in [1.82, 2.24) is 0 Å². The van der Waals surface area contributed by atoms with Crippen LogP contribution in [-0.2, 0) is 21.8 Å². The summed E-state index contributed by atoms with van der Waals surface area (Å²) in [4.78, 5) is 11.6. The standard InChI is InChI=1S/C23H39O2S.C5H5.Fe/c24-23(22-18-14-15-19-22)25-20-16-12-10-8-6-4-2-1-3-5-7-9-11-13-17-21-26;1-2-4-5-3-1;/h14-15,18-19,26H,1-13,16-17,20-21H2;1-5H;/q-1;-5;. The molecule has 0 bridgehead atoms. The molecule has 0 amide bonds. The number of rotatable bonds is 18. The average molecular weight is 501 g/mol. The Bertz CT molecular complexity index is 563. The van der Waals surface area contributed by atoms with Gasteiger partial charge < -0.3 is 35.1 Å². The summed E-state index contributed by atoms with van der Waals surface area (Å²) in [6.07, 6.45) is 20.0. The third-order valence-electron chi connectivity index (χ3n) is 5.49. The summed E-state index contributed by atoms with van der Waals surface area (Å²) in [5, 5.41) is 0. The molecule has 2 nitrogen and oxygen atoms in total. The fraction of sp³-hybridized carbons (Fsp3) is 0.607. The first-order valence-electron chi connectivity index (χ1n) is 12.5. The molecule has 0 saturated heterocycles. The quantitative estimate of drug-likeness (QED) is 0.0728. The number of carbonyl (C=O) groups excluding carboxylic acids is 1. The van der Waals surface area contributed by atoms with E-state index in [4.69, 9.17) is 4.74 Å². The van der Waals surface area contributed by atoms with Gasteiger partial charge in [0.2, 0.25) is 0 Å². The molecule has 2 rings (SSSR count). The van der Waals surface area contributed by atoms with Crippen molar-refractivity contribution < 1.29 is 26.6 Å². The molecule has 0 unspecified atom stereocenters. The van der Waals surface area contributed by atoms with Gasteiger partial charge in [-0.2, -0.15) is 24.8 Å². The van der Waals surface area contributed by atoms with Crippen LogP contribution >= 0.6 is 12.6 Å². The van der Waals surface area contributed by atoms with Gasteiger partial charge in [-0.15, -0.1) is 0 Å². The van der Waals surface area contributed by atoms with E-state index >= 15 is 0 Å². The Morgan fingerprint density at radius 2 is 0.969 bits per heavy atom. The van der Waals surface area contributed by atoms with Crippen LogP contribution in [0.4, 0.5) is 0 Å². The predicted octanol–water partition coefficient (Wildman–Crippen LogP) is 8.75. The molecule has 0 N–H and O–H groups in total. The van der Waals surface area contributed by atoms with Crippen LogP contribution in [0.3, 0.4) is 0 Å². The molecule has 0 fully saturated rings. The molecule has 2 aromatic carbocycles. The van der Waals surface area contributed by atoms with E-state index in [0.717, 1.165) is 12.2 Å². The minimum atomic E-state index is -0.187. The minimum absolute atomic E-state index is 0. The van der Waals surface area contributed by atoms with Crippen LogP contribution in [0.5, 0.6) is 0 Å². The van der Waals surface area contributed by atoms with Gasteiger partial charge in [0.25, 0.3) is 5.97 Å². The largest absolute Gasteiger partial charge is 0.748 e. The Morgan fingerprint density at radius 3 is 1.34 bits per heavy atom. The van der Waals surface area contributed by atoms with Gasteiger partial charge in [-0.1, -0.05) is 89.0 Å². The maximum Gasteiger partial charge on any atom is 0.281 e. The monoisotopic (exact) mass is 500 g/mol. The third-order valence-corrected chi connectivity index (χ3v) is 5.81. The molecule has 0 heterocycles. The summed E-state index contributed by atoms with van der Waals surface area (Å²) in [7, 11) is 0. The Kier molecular flexibility index (Phi) is 23.9. The maximum atomic E-state index is 11.6. The van der Waals surface area contributed by atoms with Crippen molar-refractivity contribution in [2.75, 3.05) is 12.4 Å². The number of carbonyl (C=O) groups is 1. The fourth-order valence-electron chi connectivity index (χ4n) is 3.59. The van der Waals surface area contributed by atoms with Crippen molar-refractivity contribution in [3.05, 3.63) is 60.2 Å². The van der Waals surface area contributed by atoms with Crippen molar-refractivity contribution in [2.45, 2.75) is 96.3 Å². The Labute approximate surface area is 213 Å². The van der Waals surface area contributed by atoms with E-state index < -0.39 is 0 Å². The summed E-state index contributed by atoms with van der Waals surface area (Å²) in [5.41, 5.74) is 0.665. The van der Waals surface area contributed by atoms with Crippen LogP contribution in [-0.4, -0.2) is 18.3 Å². The molecule has 188 valence electrons. The average Bonchev–Trinajstić information content (AvgIpc) is 3.52. The van der Waals surface area contributed by atoms with Crippen molar-refractivity contribution >= 4 is 18.6 Å². The smallest absolute Gasteiger partial charge is 0.281 e. The summed E-state index contributed by atoms with van der Waals surface area (Å²) in [6.45, 7) is 0.554. The van der Waals surface area contributed by atoms with Crippen molar-refractivity contribution in [1.29, 1.82) is 0 Å². The van der Waals surface area contributed by atoms with Crippen LogP contribution in [0.25, 0.3) is 0 Å². The zero-order valence-corrected chi connectivity index (χ0v) is 21.8. The van der Waals surface area contributed by atoms with Gasteiger partial charge >= 0.3 is 0 Å². The van der Waals surface area contributed by atoms with Crippen LogP contribution in [0.2, 0.25) is 0 Å². The van der Waals surface area contributed by atoms with Gasteiger partial charge in [0.15, 0.2) is 0 Å². The number of hydrogen-bond donors (Lipinski definition) is 1. The number of unbranched alkanes of at least 4 members (excludes halogenated alkanes) is 14. The van der Waals surface area contributed by atoms with E-state index in [1.165, 1.54) is 89.9 Å². The molecule has 0 aromatic heterocycles. The van der Waals surface area contributed by atoms with E-state index in [1.54, 1.807) is 12.1 Å². The number of hydrogen-bond acceptors (Lipinski definition) is 3. The van der Waals surface area contributed by atoms with Gasteiger partial charge in [0.1, 0.15) is 0 Å². The summed E-state index contributed by atoms with van der Waals surface area (Å²) < 4.78 is 5.26. The van der Waals surface area contributed by atoms with Crippen molar-refractivity contribution in [3.8, 4) is 0 Å². The molecule has 2 aromatic rings. The molecule has 0 radical (unpaired) electrons. The van der Waals surface area contributed by atoms with Gasteiger partial charge in [0.05, 0.1) is 6.61 Å². The SMILES string of the molecule is O=C(OCCCCCCCCCCCCCCCCCS)[c-]1cccc1.[Fe].[cH-]1[cH-][cH-][cH-][cH-]1. The normalized spacial score (nSPS) is 10.2. The van der Waals surface area contributed by atoms with Crippen molar-refractivity contribution in [3.63, 3.8) is 0 Å². The Morgan fingerprint density at radius 1 is 0.625 bits per heavy atom. The topological polar surface area (TPSA) is 26.3 Å².